The first-order chi connectivity index (χ1) is 8.67. The van der Waals surface area contributed by atoms with Crippen molar-refractivity contribution in [3.8, 4) is 0 Å². The van der Waals surface area contributed by atoms with Gasteiger partial charge in [0.05, 0.1) is 0 Å². The molecule has 0 aromatic carbocycles. The SMILES string of the molecule is CC1c2c(C(F)I)nn(CC(=O)O)c2C(F)(F)C1C. The van der Waals surface area contributed by atoms with Gasteiger partial charge in [-0.25, -0.2) is 4.39 Å². The van der Waals surface area contributed by atoms with Crippen molar-refractivity contribution >= 4 is 28.6 Å². The second kappa shape index (κ2) is 4.64. The van der Waals surface area contributed by atoms with Crippen LogP contribution in [-0.4, -0.2) is 20.9 Å². The Morgan fingerprint density at radius 1 is 1.58 bits per heavy atom. The number of rotatable bonds is 3. The number of hydrogen-bond acceptors (Lipinski definition) is 2. The number of halogens is 4. The number of aromatic nitrogens is 2. The molecule has 0 saturated carbocycles. The van der Waals surface area contributed by atoms with E-state index in [2.05, 4.69) is 5.10 Å². The molecule has 8 heteroatoms. The molecule has 0 saturated heterocycles. The van der Waals surface area contributed by atoms with Crippen LogP contribution in [0.25, 0.3) is 0 Å². The molecule has 106 valence electrons. The van der Waals surface area contributed by atoms with Gasteiger partial charge in [-0.05, 0) is 28.5 Å². The van der Waals surface area contributed by atoms with Crippen LogP contribution in [-0.2, 0) is 17.3 Å². The van der Waals surface area contributed by atoms with Gasteiger partial charge in [-0.2, -0.15) is 13.9 Å². The summed E-state index contributed by atoms with van der Waals surface area (Å²) in [6.45, 7) is 2.26. The normalized spacial score (nSPS) is 26.2. The Morgan fingerprint density at radius 3 is 2.63 bits per heavy atom. The van der Waals surface area contributed by atoms with Gasteiger partial charge in [0, 0.05) is 11.5 Å². The van der Waals surface area contributed by atoms with Gasteiger partial charge in [0.2, 0.25) is 0 Å². The fourth-order valence-electron chi connectivity index (χ4n) is 2.48. The highest BCUT2D eigenvalue weighted by Gasteiger charge is 2.55. The average molecular weight is 388 g/mol. The lowest BCUT2D eigenvalue weighted by molar-refractivity contribution is -0.138. The van der Waals surface area contributed by atoms with E-state index in [0.717, 1.165) is 4.68 Å². The van der Waals surface area contributed by atoms with E-state index in [0.29, 0.717) is 0 Å². The van der Waals surface area contributed by atoms with Crippen molar-refractivity contribution < 1.29 is 23.1 Å². The van der Waals surface area contributed by atoms with E-state index in [1.807, 2.05) is 0 Å². The third-order valence-electron chi connectivity index (χ3n) is 3.60. The number of fused-ring (bicyclic) bond motifs is 1. The molecule has 3 unspecified atom stereocenters. The van der Waals surface area contributed by atoms with Crippen molar-refractivity contribution in [3.05, 3.63) is 17.0 Å². The lowest BCUT2D eigenvalue weighted by atomic mass is 9.94. The molecular formula is C11H12F3IN2O2. The monoisotopic (exact) mass is 388 g/mol. The van der Waals surface area contributed by atoms with Crippen molar-refractivity contribution in [2.45, 2.75) is 36.4 Å². The molecule has 3 atom stereocenters. The zero-order valence-corrected chi connectivity index (χ0v) is 12.4. The highest BCUT2D eigenvalue weighted by molar-refractivity contribution is 14.1. The van der Waals surface area contributed by atoms with Crippen LogP contribution in [0.1, 0.15) is 40.9 Å². The maximum atomic E-state index is 14.2. The second-order valence-corrected chi connectivity index (χ2v) is 5.79. The topological polar surface area (TPSA) is 55.1 Å². The predicted octanol–water partition coefficient (Wildman–Crippen LogP) is 3.22. The van der Waals surface area contributed by atoms with Crippen LogP contribution >= 0.6 is 22.6 Å². The van der Waals surface area contributed by atoms with Crippen LogP contribution in [0, 0.1) is 5.92 Å². The number of alkyl halides is 4. The minimum atomic E-state index is -3.19. The fraction of sp³-hybridized carbons (Fsp3) is 0.636. The van der Waals surface area contributed by atoms with Crippen molar-refractivity contribution in [3.63, 3.8) is 0 Å². The largest absolute Gasteiger partial charge is 0.480 e. The van der Waals surface area contributed by atoms with Crippen molar-refractivity contribution in [2.75, 3.05) is 0 Å². The van der Waals surface area contributed by atoms with Crippen LogP contribution in [0.5, 0.6) is 0 Å². The number of aliphatic carboxylic acids is 1. The first-order valence-electron chi connectivity index (χ1n) is 5.66. The maximum Gasteiger partial charge on any atom is 0.325 e. The fourth-order valence-corrected chi connectivity index (χ4v) is 2.94. The summed E-state index contributed by atoms with van der Waals surface area (Å²) in [7, 11) is 0. The van der Waals surface area contributed by atoms with Gasteiger partial charge in [-0.15, -0.1) is 0 Å². The van der Waals surface area contributed by atoms with E-state index < -0.39 is 40.1 Å². The quantitative estimate of drug-likeness (QED) is 0.639. The van der Waals surface area contributed by atoms with E-state index in [-0.39, 0.29) is 11.3 Å². The van der Waals surface area contributed by atoms with Crippen LogP contribution in [0.3, 0.4) is 0 Å². The molecule has 0 fully saturated rings. The molecule has 19 heavy (non-hydrogen) atoms. The highest BCUT2D eigenvalue weighted by Crippen LogP contribution is 2.54. The van der Waals surface area contributed by atoms with Gasteiger partial charge >= 0.3 is 5.97 Å². The number of hydrogen-bond donors (Lipinski definition) is 1. The van der Waals surface area contributed by atoms with Crippen LogP contribution in [0.4, 0.5) is 13.2 Å². The number of carboxylic acid groups (broad SMARTS) is 1. The molecular weight excluding hydrogens is 376 g/mol. The van der Waals surface area contributed by atoms with Gasteiger partial charge in [-0.1, -0.05) is 13.8 Å². The summed E-state index contributed by atoms with van der Waals surface area (Å²) in [5.74, 6) is -6.05. The lowest BCUT2D eigenvalue weighted by Gasteiger charge is -2.19. The molecule has 1 heterocycles. The molecule has 0 bridgehead atoms. The molecule has 1 aromatic heterocycles. The summed E-state index contributed by atoms with van der Waals surface area (Å²) < 4.78 is 41.1. The third-order valence-corrected chi connectivity index (χ3v) is 4.19. The Labute approximate surface area is 121 Å². The van der Waals surface area contributed by atoms with Crippen molar-refractivity contribution in [1.29, 1.82) is 0 Å². The average Bonchev–Trinajstić information content (AvgIpc) is 2.72. The molecule has 0 radical (unpaired) electrons. The summed E-state index contributed by atoms with van der Waals surface area (Å²) in [4.78, 5) is 10.7. The minimum absolute atomic E-state index is 0.0895. The molecule has 1 aliphatic carbocycles. The summed E-state index contributed by atoms with van der Waals surface area (Å²) in [6.07, 6.45) is 0. The first-order valence-corrected chi connectivity index (χ1v) is 6.91. The predicted molar refractivity (Wildman–Crippen MR) is 69.2 cm³/mol. The molecule has 4 nitrogen and oxygen atoms in total. The van der Waals surface area contributed by atoms with Gasteiger partial charge in [0.25, 0.3) is 5.92 Å². The van der Waals surface area contributed by atoms with E-state index in [9.17, 15) is 18.0 Å². The van der Waals surface area contributed by atoms with Gasteiger partial charge < -0.3 is 5.11 Å². The Bertz CT molecular complexity index is 530. The molecule has 1 aliphatic rings. The van der Waals surface area contributed by atoms with Gasteiger partial charge in [0.15, 0.2) is 4.18 Å². The standard InChI is InChI=1S/C11H12F3IN2O2/c1-4-5(2)11(13,14)9-7(4)8(10(12)15)16-17(9)3-6(18)19/h4-5,10H,3H2,1-2H3,(H,18,19). The maximum absolute atomic E-state index is 14.2. The van der Waals surface area contributed by atoms with E-state index in [1.165, 1.54) is 29.5 Å². The molecule has 1 aromatic rings. The lowest BCUT2D eigenvalue weighted by Crippen LogP contribution is -2.25. The molecule has 0 amide bonds. The van der Waals surface area contributed by atoms with Crippen LogP contribution in [0.2, 0.25) is 0 Å². The Kier molecular flexibility index (Phi) is 3.56. The first kappa shape index (κ1) is 14.6. The Balaban J connectivity index is 2.66. The molecule has 0 aliphatic heterocycles. The number of carbonyl (C=O) groups is 1. The Morgan fingerprint density at radius 2 is 2.16 bits per heavy atom. The summed E-state index contributed by atoms with van der Waals surface area (Å²) in [5, 5.41) is 12.5. The molecule has 2 rings (SSSR count). The zero-order chi connectivity index (χ0) is 14.5. The van der Waals surface area contributed by atoms with E-state index >= 15 is 0 Å². The van der Waals surface area contributed by atoms with Crippen molar-refractivity contribution in [1.82, 2.24) is 9.78 Å². The van der Waals surface area contributed by atoms with Gasteiger partial charge in [-0.3, -0.25) is 9.48 Å². The summed E-state index contributed by atoms with van der Waals surface area (Å²) in [6, 6.07) is 0. The second-order valence-electron chi connectivity index (χ2n) is 4.70. The number of nitrogens with zero attached hydrogens (tertiary/aromatic N) is 2. The molecule has 1 N–H and O–H groups in total. The van der Waals surface area contributed by atoms with Crippen molar-refractivity contribution in [2.24, 2.45) is 5.92 Å². The third kappa shape index (κ3) is 2.13. The smallest absolute Gasteiger partial charge is 0.325 e. The van der Waals surface area contributed by atoms with Crippen LogP contribution < -0.4 is 0 Å². The Hall–Kier alpha value is -0.800. The highest BCUT2D eigenvalue weighted by atomic mass is 127. The van der Waals surface area contributed by atoms with E-state index in [1.54, 1.807) is 6.92 Å². The summed E-state index contributed by atoms with van der Waals surface area (Å²) in [5.41, 5.74) is -0.391. The van der Waals surface area contributed by atoms with Crippen LogP contribution in [0.15, 0.2) is 0 Å². The minimum Gasteiger partial charge on any atom is -0.480 e. The van der Waals surface area contributed by atoms with E-state index in [4.69, 9.17) is 5.11 Å². The zero-order valence-electron chi connectivity index (χ0n) is 10.2. The molecule has 0 spiro atoms. The van der Waals surface area contributed by atoms with Gasteiger partial charge in [0.1, 0.15) is 17.9 Å². The summed E-state index contributed by atoms with van der Waals surface area (Å²) >= 11 is 1.44. The number of carboxylic acids is 1.